The van der Waals surface area contributed by atoms with E-state index >= 15 is 0 Å². The van der Waals surface area contributed by atoms with Crippen molar-refractivity contribution >= 4 is 38.9 Å². The summed E-state index contributed by atoms with van der Waals surface area (Å²) in [5, 5.41) is 10.0. The van der Waals surface area contributed by atoms with Crippen LogP contribution in [0.15, 0.2) is 41.4 Å². The zero-order valence-electron chi connectivity index (χ0n) is 11.2. The number of nitrogens with zero attached hydrogens (tertiary/aromatic N) is 1. The first-order valence-corrected chi connectivity index (χ1v) is 8.38. The molecule has 0 aliphatic heterocycles. The molecule has 0 saturated heterocycles. The van der Waals surface area contributed by atoms with Crippen molar-refractivity contribution in [1.82, 2.24) is 9.71 Å². The molecular formula is C13H13Cl2N3O3S. The third-order valence-corrected chi connectivity index (χ3v) is 4.89. The Morgan fingerprint density at radius 3 is 2.45 bits per heavy atom. The van der Waals surface area contributed by atoms with E-state index in [0.29, 0.717) is 5.69 Å². The molecule has 1 aromatic carbocycles. The first-order chi connectivity index (χ1) is 10.3. The lowest BCUT2D eigenvalue weighted by atomic mass is 10.2. The highest BCUT2D eigenvalue weighted by Crippen LogP contribution is 2.30. The maximum atomic E-state index is 12.2. The minimum Gasteiger partial charge on any atom is -0.396 e. The molecule has 0 spiro atoms. The number of sulfonamides is 1. The van der Waals surface area contributed by atoms with Crippen molar-refractivity contribution in [3.63, 3.8) is 0 Å². The number of pyridine rings is 1. The van der Waals surface area contributed by atoms with Crippen LogP contribution in [0.4, 0.5) is 5.69 Å². The van der Waals surface area contributed by atoms with E-state index in [1.807, 2.05) is 0 Å². The Morgan fingerprint density at radius 2 is 1.91 bits per heavy atom. The van der Waals surface area contributed by atoms with Crippen molar-refractivity contribution in [1.29, 1.82) is 0 Å². The predicted octanol–water partition coefficient (Wildman–Crippen LogP) is 1.98. The van der Waals surface area contributed by atoms with E-state index in [1.165, 1.54) is 18.3 Å². The third-order valence-electron chi connectivity index (χ3n) is 2.86. The zero-order chi connectivity index (χ0) is 16.3. The lowest BCUT2D eigenvalue weighted by Crippen LogP contribution is -2.29. The highest BCUT2D eigenvalue weighted by molar-refractivity contribution is 7.89. The largest absolute Gasteiger partial charge is 0.396 e. The fourth-order valence-corrected chi connectivity index (χ4v) is 3.37. The molecular weight excluding hydrogens is 349 g/mol. The van der Waals surface area contributed by atoms with Gasteiger partial charge in [0.15, 0.2) is 0 Å². The molecule has 0 saturated carbocycles. The van der Waals surface area contributed by atoms with E-state index in [-0.39, 0.29) is 27.2 Å². The maximum Gasteiger partial charge on any atom is 0.240 e. The number of nitrogens with two attached hydrogens (primary N) is 1. The van der Waals surface area contributed by atoms with Crippen molar-refractivity contribution in [2.24, 2.45) is 0 Å². The van der Waals surface area contributed by atoms with Gasteiger partial charge in [-0.2, -0.15) is 0 Å². The number of anilines is 1. The van der Waals surface area contributed by atoms with Crippen LogP contribution in [0, 0.1) is 0 Å². The smallest absolute Gasteiger partial charge is 0.240 e. The van der Waals surface area contributed by atoms with E-state index in [1.54, 1.807) is 18.2 Å². The Balaban J connectivity index is 2.15. The number of hydrogen-bond donors (Lipinski definition) is 3. The van der Waals surface area contributed by atoms with E-state index in [4.69, 9.17) is 28.9 Å². The SMILES string of the molecule is Nc1c(Cl)cc(S(=O)(=O)NCC(O)c2ccccn2)cc1Cl. The molecule has 6 nitrogen and oxygen atoms in total. The molecule has 0 bridgehead atoms. The lowest BCUT2D eigenvalue weighted by molar-refractivity contribution is 0.177. The summed E-state index contributed by atoms with van der Waals surface area (Å²) in [6.45, 7) is -0.237. The van der Waals surface area contributed by atoms with Crippen LogP contribution in [-0.4, -0.2) is 25.1 Å². The number of nitrogens with one attached hydrogen (secondary N) is 1. The molecule has 0 radical (unpaired) electrons. The average Bonchev–Trinajstić information content (AvgIpc) is 2.50. The van der Waals surface area contributed by atoms with Gasteiger partial charge < -0.3 is 10.8 Å². The molecule has 0 amide bonds. The van der Waals surface area contributed by atoms with Gasteiger partial charge in [0.05, 0.1) is 26.3 Å². The van der Waals surface area contributed by atoms with Gasteiger partial charge in [0.2, 0.25) is 10.0 Å². The molecule has 1 atom stereocenters. The van der Waals surface area contributed by atoms with Gasteiger partial charge >= 0.3 is 0 Å². The summed E-state index contributed by atoms with van der Waals surface area (Å²) in [4.78, 5) is 3.81. The van der Waals surface area contributed by atoms with Crippen molar-refractivity contribution < 1.29 is 13.5 Å². The summed E-state index contributed by atoms with van der Waals surface area (Å²) in [5.74, 6) is 0. The van der Waals surface area contributed by atoms with Crippen LogP contribution >= 0.6 is 23.2 Å². The average molecular weight is 362 g/mol. The van der Waals surface area contributed by atoms with Gasteiger partial charge in [-0.25, -0.2) is 13.1 Å². The molecule has 1 heterocycles. The first kappa shape index (κ1) is 17.0. The number of rotatable bonds is 5. The zero-order valence-corrected chi connectivity index (χ0v) is 13.5. The predicted molar refractivity (Wildman–Crippen MR) is 85.3 cm³/mol. The number of hydrogen-bond acceptors (Lipinski definition) is 5. The minimum absolute atomic E-state index is 0.0400. The molecule has 22 heavy (non-hydrogen) atoms. The molecule has 0 aliphatic rings. The Bertz CT molecular complexity index is 746. The Kier molecular flexibility index (Phi) is 5.25. The van der Waals surface area contributed by atoms with Crippen LogP contribution in [0.3, 0.4) is 0 Å². The summed E-state index contributed by atoms with van der Waals surface area (Å²) in [7, 11) is -3.89. The molecule has 2 aromatic rings. The maximum absolute atomic E-state index is 12.2. The number of benzene rings is 1. The highest BCUT2D eigenvalue weighted by Gasteiger charge is 2.19. The third kappa shape index (κ3) is 3.88. The summed E-state index contributed by atoms with van der Waals surface area (Å²) in [5.41, 5.74) is 6.03. The fourth-order valence-electron chi connectivity index (χ4n) is 1.67. The lowest BCUT2D eigenvalue weighted by Gasteiger charge is -2.12. The Morgan fingerprint density at radius 1 is 1.27 bits per heavy atom. The molecule has 118 valence electrons. The van der Waals surface area contributed by atoms with Gasteiger partial charge in [0.1, 0.15) is 6.10 Å². The van der Waals surface area contributed by atoms with Gasteiger partial charge in [-0.05, 0) is 24.3 Å². The van der Waals surface area contributed by atoms with Gasteiger partial charge in [-0.15, -0.1) is 0 Å². The summed E-state index contributed by atoms with van der Waals surface area (Å²) in [6.07, 6.45) is 0.433. The number of aliphatic hydroxyl groups excluding tert-OH is 1. The Hall–Kier alpha value is -1.38. The molecule has 4 N–H and O–H groups in total. The second-order valence-electron chi connectivity index (χ2n) is 4.42. The van der Waals surface area contributed by atoms with Gasteiger partial charge in [0.25, 0.3) is 0 Å². The quantitative estimate of drug-likeness (QED) is 0.706. The van der Waals surface area contributed by atoms with Crippen molar-refractivity contribution in [2.45, 2.75) is 11.0 Å². The van der Waals surface area contributed by atoms with E-state index in [2.05, 4.69) is 9.71 Å². The normalized spacial score (nSPS) is 13.0. The van der Waals surface area contributed by atoms with E-state index in [0.717, 1.165) is 0 Å². The second kappa shape index (κ2) is 6.80. The van der Waals surface area contributed by atoms with Crippen LogP contribution in [0.2, 0.25) is 10.0 Å². The first-order valence-electron chi connectivity index (χ1n) is 6.14. The van der Waals surface area contributed by atoms with Crippen LogP contribution < -0.4 is 10.5 Å². The van der Waals surface area contributed by atoms with E-state index < -0.39 is 16.1 Å². The molecule has 9 heteroatoms. The van der Waals surface area contributed by atoms with Gasteiger partial charge in [-0.1, -0.05) is 29.3 Å². The standard InChI is InChI=1S/C13H13Cl2N3O3S/c14-9-5-8(6-10(15)13(9)16)22(20,21)18-7-12(19)11-3-1-2-4-17-11/h1-6,12,18-19H,7,16H2. The van der Waals surface area contributed by atoms with Crippen molar-refractivity contribution in [3.05, 3.63) is 52.3 Å². The minimum atomic E-state index is -3.89. The topological polar surface area (TPSA) is 105 Å². The van der Waals surface area contributed by atoms with Crippen LogP contribution in [0.25, 0.3) is 0 Å². The molecule has 1 unspecified atom stereocenters. The van der Waals surface area contributed by atoms with Crippen molar-refractivity contribution in [3.8, 4) is 0 Å². The highest BCUT2D eigenvalue weighted by atomic mass is 35.5. The molecule has 1 aromatic heterocycles. The number of aliphatic hydroxyl groups is 1. The van der Waals surface area contributed by atoms with Crippen LogP contribution in [-0.2, 0) is 10.0 Å². The van der Waals surface area contributed by atoms with Crippen LogP contribution in [0.5, 0.6) is 0 Å². The fraction of sp³-hybridized carbons (Fsp3) is 0.154. The molecule has 2 rings (SSSR count). The van der Waals surface area contributed by atoms with Gasteiger partial charge in [0, 0.05) is 12.7 Å². The van der Waals surface area contributed by atoms with E-state index in [9.17, 15) is 13.5 Å². The summed E-state index contributed by atoms with van der Waals surface area (Å²) in [6, 6.07) is 7.37. The van der Waals surface area contributed by atoms with Crippen LogP contribution in [0.1, 0.15) is 11.8 Å². The number of halogens is 2. The second-order valence-corrected chi connectivity index (χ2v) is 7.00. The monoisotopic (exact) mass is 361 g/mol. The summed E-state index contributed by atoms with van der Waals surface area (Å²) < 4.78 is 26.6. The molecule has 0 aliphatic carbocycles. The Labute approximate surface area is 137 Å². The number of nitrogen functional groups attached to an aromatic ring is 1. The summed E-state index contributed by atoms with van der Waals surface area (Å²) >= 11 is 11.6. The van der Waals surface area contributed by atoms with Gasteiger partial charge in [-0.3, -0.25) is 4.98 Å². The van der Waals surface area contributed by atoms with Crippen molar-refractivity contribution in [2.75, 3.05) is 12.3 Å². The number of aromatic nitrogens is 1. The molecule has 0 fully saturated rings.